The monoisotopic (exact) mass is 448 g/mol. The van der Waals surface area contributed by atoms with E-state index in [1.807, 2.05) is 12.1 Å². The Bertz CT molecular complexity index is 1100. The zero-order valence-electron chi connectivity index (χ0n) is 15.6. The van der Waals surface area contributed by atoms with E-state index in [1.54, 1.807) is 30.5 Å². The number of thiazole rings is 1. The molecule has 0 aliphatic carbocycles. The highest BCUT2D eigenvalue weighted by Crippen LogP contribution is 2.34. The van der Waals surface area contributed by atoms with Crippen molar-refractivity contribution in [2.75, 3.05) is 11.9 Å². The molecular formula is C21H18Cl2N2O3S. The fourth-order valence-corrected chi connectivity index (χ4v) is 4.24. The highest BCUT2D eigenvalue weighted by molar-refractivity contribution is 7.22. The molecule has 1 aliphatic heterocycles. The van der Waals surface area contributed by atoms with E-state index < -0.39 is 6.29 Å². The number of benzene rings is 2. The molecule has 0 radical (unpaired) electrons. The third-order valence-corrected chi connectivity index (χ3v) is 5.92. The first-order chi connectivity index (χ1) is 14.1. The molecule has 2 aromatic carbocycles. The van der Waals surface area contributed by atoms with Crippen LogP contribution in [0.25, 0.3) is 10.2 Å². The first-order valence-corrected chi connectivity index (χ1v) is 10.8. The van der Waals surface area contributed by atoms with Crippen LogP contribution in [0.2, 0.25) is 10.0 Å². The van der Waals surface area contributed by atoms with Gasteiger partial charge in [-0.25, -0.2) is 4.98 Å². The Morgan fingerprint density at radius 1 is 1.31 bits per heavy atom. The van der Waals surface area contributed by atoms with E-state index in [2.05, 4.69) is 17.2 Å². The lowest BCUT2D eigenvalue weighted by Gasteiger charge is -2.27. The molecule has 0 bridgehead atoms. The summed E-state index contributed by atoms with van der Waals surface area (Å²) in [5.74, 6) is 0.270. The van der Waals surface area contributed by atoms with Gasteiger partial charge in [0.1, 0.15) is 11.3 Å². The van der Waals surface area contributed by atoms with Gasteiger partial charge in [-0.1, -0.05) is 53.9 Å². The van der Waals surface area contributed by atoms with Crippen molar-refractivity contribution in [2.24, 2.45) is 0 Å². The minimum absolute atomic E-state index is 0.193. The number of fused-ring (bicyclic) bond motifs is 2. The molecule has 0 saturated heterocycles. The number of anilines is 1. The van der Waals surface area contributed by atoms with Gasteiger partial charge in [0, 0.05) is 11.2 Å². The van der Waals surface area contributed by atoms with E-state index in [9.17, 15) is 4.79 Å². The molecule has 0 saturated carbocycles. The second-order valence-corrected chi connectivity index (χ2v) is 8.37. The Hall–Kier alpha value is -2.12. The normalized spacial score (nSPS) is 17.4. The summed E-state index contributed by atoms with van der Waals surface area (Å²) in [7, 11) is 0. The molecule has 29 heavy (non-hydrogen) atoms. The predicted octanol–water partition coefficient (Wildman–Crippen LogP) is 6.32. The summed E-state index contributed by atoms with van der Waals surface area (Å²) in [5, 5.41) is 4.78. The SMILES string of the molecule is CCCCOC1Oc2ccc(Cl)cc2C(=O)/C1=C/Nc1nc2c(Cl)cccc2s1. The second kappa shape index (κ2) is 8.71. The molecule has 1 atom stereocenters. The Kier molecular flexibility index (Phi) is 6.06. The van der Waals surface area contributed by atoms with Gasteiger partial charge in [-0.2, -0.15) is 0 Å². The number of carbonyl (C=O) groups is 1. The molecule has 0 fully saturated rings. The molecular weight excluding hydrogens is 431 g/mol. The van der Waals surface area contributed by atoms with Gasteiger partial charge in [0.15, 0.2) is 5.13 Å². The lowest BCUT2D eigenvalue weighted by molar-refractivity contribution is -0.0570. The van der Waals surface area contributed by atoms with E-state index in [1.165, 1.54) is 11.3 Å². The predicted molar refractivity (Wildman–Crippen MR) is 117 cm³/mol. The van der Waals surface area contributed by atoms with Crippen LogP contribution in [0.1, 0.15) is 30.1 Å². The number of nitrogens with one attached hydrogen (secondary N) is 1. The highest BCUT2D eigenvalue weighted by atomic mass is 35.5. The number of ketones is 1. The van der Waals surface area contributed by atoms with Crippen LogP contribution in [-0.2, 0) is 4.74 Å². The second-order valence-electron chi connectivity index (χ2n) is 6.49. The van der Waals surface area contributed by atoms with Crippen LogP contribution in [-0.4, -0.2) is 23.7 Å². The van der Waals surface area contributed by atoms with Crippen molar-refractivity contribution >= 4 is 55.7 Å². The standard InChI is InChI=1S/C21H18Cl2N2O3S/c1-2-3-9-27-20-14(19(26)13-10-12(22)7-8-16(13)28-20)11-24-21-25-18-15(23)5-4-6-17(18)29-21/h4-8,10-11,20H,2-3,9H2,1H3,(H,24,25)/b14-11-. The molecule has 1 N–H and O–H groups in total. The quantitative estimate of drug-likeness (QED) is 0.353. The van der Waals surface area contributed by atoms with Crippen molar-refractivity contribution in [3.05, 3.63) is 63.8 Å². The number of carbonyl (C=O) groups excluding carboxylic acids is 1. The molecule has 0 amide bonds. The van der Waals surface area contributed by atoms with Gasteiger partial charge in [-0.3, -0.25) is 4.79 Å². The van der Waals surface area contributed by atoms with Crippen molar-refractivity contribution in [2.45, 2.75) is 26.1 Å². The van der Waals surface area contributed by atoms with Gasteiger partial charge in [0.2, 0.25) is 12.1 Å². The average molecular weight is 449 g/mol. The Labute approximate surface area is 182 Å². The molecule has 1 aliphatic rings. The molecule has 3 aromatic rings. The topological polar surface area (TPSA) is 60.5 Å². The van der Waals surface area contributed by atoms with Gasteiger partial charge in [0.05, 0.1) is 27.5 Å². The minimum Gasteiger partial charge on any atom is -0.460 e. The highest BCUT2D eigenvalue weighted by Gasteiger charge is 2.33. The van der Waals surface area contributed by atoms with Gasteiger partial charge in [-0.05, 0) is 36.8 Å². The van der Waals surface area contributed by atoms with Gasteiger partial charge < -0.3 is 14.8 Å². The summed E-state index contributed by atoms with van der Waals surface area (Å²) in [6.45, 7) is 2.57. The van der Waals surface area contributed by atoms with Crippen LogP contribution in [0.15, 0.2) is 48.2 Å². The third-order valence-electron chi connectivity index (χ3n) is 4.42. The fraction of sp³-hybridized carbons (Fsp3) is 0.238. The number of halogens is 2. The minimum atomic E-state index is -0.798. The molecule has 8 heteroatoms. The number of nitrogens with zero attached hydrogens (tertiary/aromatic N) is 1. The van der Waals surface area contributed by atoms with E-state index in [4.69, 9.17) is 32.7 Å². The van der Waals surface area contributed by atoms with Crippen molar-refractivity contribution in [1.29, 1.82) is 0 Å². The summed E-state index contributed by atoms with van der Waals surface area (Å²) < 4.78 is 12.7. The first-order valence-electron chi connectivity index (χ1n) is 9.21. The molecule has 2 heterocycles. The zero-order chi connectivity index (χ0) is 20.4. The van der Waals surface area contributed by atoms with Gasteiger partial charge in [0.25, 0.3) is 0 Å². The van der Waals surface area contributed by atoms with E-state index in [-0.39, 0.29) is 5.78 Å². The summed E-state index contributed by atoms with van der Waals surface area (Å²) in [4.78, 5) is 17.6. The largest absolute Gasteiger partial charge is 0.460 e. The van der Waals surface area contributed by atoms with Crippen molar-refractivity contribution in [3.8, 4) is 5.75 Å². The molecule has 1 aromatic heterocycles. The zero-order valence-corrected chi connectivity index (χ0v) is 17.9. The first kappa shape index (κ1) is 20.2. The Morgan fingerprint density at radius 2 is 2.17 bits per heavy atom. The molecule has 0 spiro atoms. The van der Waals surface area contributed by atoms with E-state index >= 15 is 0 Å². The van der Waals surface area contributed by atoms with Crippen molar-refractivity contribution < 1.29 is 14.3 Å². The summed E-state index contributed by atoms with van der Waals surface area (Å²) in [6.07, 6.45) is 2.65. The number of hydrogen-bond donors (Lipinski definition) is 1. The van der Waals surface area contributed by atoms with Crippen LogP contribution in [0.3, 0.4) is 0 Å². The van der Waals surface area contributed by atoms with E-state index in [0.29, 0.717) is 38.7 Å². The average Bonchev–Trinajstić information content (AvgIpc) is 3.13. The number of hydrogen-bond acceptors (Lipinski definition) is 6. The van der Waals surface area contributed by atoms with Crippen LogP contribution in [0, 0.1) is 0 Å². The molecule has 150 valence electrons. The number of para-hydroxylation sites is 1. The molecule has 1 unspecified atom stereocenters. The van der Waals surface area contributed by atoms with Crippen LogP contribution >= 0.6 is 34.5 Å². The smallest absolute Gasteiger partial charge is 0.232 e. The molecule has 4 rings (SSSR count). The Balaban J connectivity index is 1.64. The number of Topliss-reactive ketones (excluding diaryl/α,β-unsaturated/α-hetero) is 1. The van der Waals surface area contributed by atoms with Crippen molar-refractivity contribution in [1.82, 2.24) is 4.98 Å². The third kappa shape index (κ3) is 4.26. The summed E-state index contributed by atoms with van der Waals surface area (Å²) in [6, 6.07) is 10.6. The number of aromatic nitrogens is 1. The maximum absolute atomic E-state index is 13.1. The summed E-state index contributed by atoms with van der Waals surface area (Å²) in [5.41, 5.74) is 1.49. The summed E-state index contributed by atoms with van der Waals surface area (Å²) >= 11 is 13.7. The van der Waals surface area contributed by atoms with Gasteiger partial charge in [-0.15, -0.1) is 0 Å². The molecule has 5 nitrogen and oxygen atoms in total. The van der Waals surface area contributed by atoms with Crippen LogP contribution in [0.5, 0.6) is 5.75 Å². The fourth-order valence-electron chi connectivity index (χ4n) is 2.93. The van der Waals surface area contributed by atoms with Crippen LogP contribution in [0.4, 0.5) is 5.13 Å². The van der Waals surface area contributed by atoms with Crippen LogP contribution < -0.4 is 10.1 Å². The number of rotatable bonds is 6. The maximum Gasteiger partial charge on any atom is 0.232 e. The number of unbranched alkanes of at least 4 members (excludes halogenated alkanes) is 1. The lowest BCUT2D eigenvalue weighted by Crippen LogP contribution is -2.33. The lowest BCUT2D eigenvalue weighted by atomic mass is 10.00. The van der Waals surface area contributed by atoms with Crippen molar-refractivity contribution in [3.63, 3.8) is 0 Å². The van der Waals surface area contributed by atoms with Gasteiger partial charge >= 0.3 is 0 Å². The number of ether oxygens (including phenoxy) is 2. The maximum atomic E-state index is 13.1. The Morgan fingerprint density at radius 3 is 2.97 bits per heavy atom. The van der Waals surface area contributed by atoms with E-state index in [0.717, 1.165) is 23.1 Å².